The van der Waals surface area contributed by atoms with Gasteiger partial charge in [0.15, 0.2) is 0 Å². The molecule has 2 atom stereocenters. The van der Waals surface area contributed by atoms with Gasteiger partial charge in [-0.2, -0.15) is 0 Å². The van der Waals surface area contributed by atoms with Crippen LogP contribution in [0.15, 0.2) is 18.2 Å². The van der Waals surface area contributed by atoms with Gasteiger partial charge < -0.3 is 10.2 Å². The van der Waals surface area contributed by atoms with Gasteiger partial charge in [0.05, 0.1) is 16.5 Å². The molecule has 21 heavy (non-hydrogen) atoms. The first kappa shape index (κ1) is 16.6. The maximum absolute atomic E-state index is 12.2. The van der Waals surface area contributed by atoms with E-state index in [-0.39, 0.29) is 11.9 Å². The molecule has 0 aliphatic heterocycles. The number of halogens is 2. The van der Waals surface area contributed by atoms with Gasteiger partial charge in [0.25, 0.3) is 0 Å². The first-order valence-corrected chi connectivity index (χ1v) is 8.12. The van der Waals surface area contributed by atoms with Gasteiger partial charge in [0.1, 0.15) is 0 Å². The maximum Gasteiger partial charge on any atom is 0.224 e. The second-order valence-electron chi connectivity index (χ2n) is 5.91. The van der Waals surface area contributed by atoms with Gasteiger partial charge in [-0.25, -0.2) is 0 Å². The second kappa shape index (κ2) is 7.48. The molecule has 1 aliphatic rings. The Hall–Kier alpha value is -0.770. The quantitative estimate of drug-likeness (QED) is 0.917. The molecule has 1 fully saturated rings. The van der Waals surface area contributed by atoms with Crippen molar-refractivity contribution in [3.05, 3.63) is 33.8 Å². The summed E-state index contributed by atoms with van der Waals surface area (Å²) in [4.78, 5) is 14.5. The van der Waals surface area contributed by atoms with Crippen LogP contribution in [0.3, 0.4) is 0 Å². The van der Waals surface area contributed by atoms with Crippen LogP contribution >= 0.6 is 23.2 Å². The Bertz CT molecular complexity index is 505. The van der Waals surface area contributed by atoms with E-state index in [1.807, 2.05) is 6.07 Å². The highest BCUT2D eigenvalue weighted by atomic mass is 35.5. The van der Waals surface area contributed by atoms with Gasteiger partial charge in [-0.15, -0.1) is 0 Å². The molecular weight excluding hydrogens is 307 g/mol. The Morgan fingerprint density at radius 2 is 1.95 bits per heavy atom. The van der Waals surface area contributed by atoms with E-state index in [9.17, 15) is 4.79 Å². The van der Waals surface area contributed by atoms with E-state index in [1.165, 1.54) is 12.8 Å². The minimum absolute atomic E-state index is 0.0483. The minimum atomic E-state index is 0.0483. The molecule has 1 aromatic carbocycles. The number of carbonyl (C=O) groups excluding carboxylic acids is 1. The van der Waals surface area contributed by atoms with Crippen LogP contribution < -0.4 is 5.32 Å². The molecule has 2 rings (SSSR count). The third-order valence-electron chi connectivity index (χ3n) is 4.09. The van der Waals surface area contributed by atoms with E-state index in [1.54, 1.807) is 12.1 Å². The predicted molar refractivity (Wildman–Crippen MR) is 88.0 cm³/mol. The van der Waals surface area contributed by atoms with E-state index in [0.717, 1.165) is 18.4 Å². The summed E-state index contributed by atoms with van der Waals surface area (Å²) in [7, 11) is 4.15. The molecule has 0 aromatic heterocycles. The number of hydrogen-bond donors (Lipinski definition) is 1. The summed E-state index contributed by atoms with van der Waals surface area (Å²) >= 11 is 11.9. The summed E-state index contributed by atoms with van der Waals surface area (Å²) in [5.41, 5.74) is 0.888. The topological polar surface area (TPSA) is 32.3 Å². The highest BCUT2D eigenvalue weighted by Crippen LogP contribution is 2.24. The Morgan fingerprint density at radius 3 is 2.62 bits per heavy atom. The molecule has 0 heterocycles. The molecule has 0 saturated heterocycles. The van der Waals surface area contributed by atoms with Gasteiger partial charge in [-0.3, -0.25) is 4.79 Å². The van der Waals surface area contributed by atoms with Crippen LogP contribution in [0, 0.1) is 0 Å². The highest BCUT2D eigenvalue weighted by molar-refractivity contribution is 6.42. The molecule has 1 amide bonds. The Balaban J connectivity index is 1.95. The van der Waals surface area contributed by atoms with Gasteiger partial charge in [-0.05, 0) is 44.6 Å². The monoisotopic (exact) mass is 328 g/mol. The third kappa shape index (κ3) is 4.60. The molecule has 1 aliphatic carbocycles. The third-order valence-corrected chi connectivity index (χ3v) is 4.83. The van der Waals surface area contributed by atoms with Crippen molar-refractivity contribution in [3.63, 3.8) is 0 Å². The van der Waals surface area contributed by atoms with Crippen LogP contribution in [-0.2, 0) is 11.2 Å². The maximum atomic E-state index is 12.2. The zero-order valence-corrected chi connectivity index (χ0v) is 14.0. The summed E-state index contributed by atoms with van der Waals surface area (Å²) in [5.74, 6) is 0.0483. The number of benzene rings is 1. The van der Waals surface area contributed by atoms with Crippen molar-refractivity contribution in [1.82, 2.24) is 10.2 Å². The van der Waals surface area contributed by atoms with E-state index in [2.05, 4.69) is 24.3 Å². The van der Waals surface area contributed by atoms with Crippen molar-refractivity contribution in [2.24, 2.45) is 0 Å². The lowest BCUT2D eigenvalue weighted by Crippen LogP contribution is -2.51. The van der Waals surface area contributed by atoms with Crippen LogP contribution in [0.25, 0.3) is 0 Å². The Morgan fingerprint density at radius 1 is 1.24 bits per heavy atom. The highest BCUT2D eigenvalue weighted by Gasteiger charge is 2.27. The van der Waals surface area contributed by atoms with Gasteiger partial charge >= 0.3 is 0 Å². The zero-order chi connectivity index (χ0) is 15.4. The normalized spacial score (nSPS) is 22.3. The van der Waals surface area contributed by atoms with Crippen LogP contribution in [0.4, 0.5) is 0 Å². The molecule has 1 N–H and O–H groups in total. The summed E-state index contributed by atoms with van der Waals surface area (Å²) in [6.45, 7) is 0. The molecule has 0 bridgehead atoms. The standard InChI is InChI=1S/C16H22Cl2N2O/c1-20(2)15-6-4-3-5-14(15)19-16(21)10-11-7-8-12(17)13(18)9-11/h7-9,14-15H,3-6,10H2,1-2H3,(H,19,21)/t14-,15+/m1/s1. The molecular formula is C16H22Cl2N2O. The lowest BCUT2D eigenvalue weighted by atomic mass is 9.89. The summed E-state index contributed by atoms with van der Waals surface area (Å²) < 4.78 is 0. The van der Waals surface area contributed by atoms with Crippen LogP contribution in [-0.4, -0.2) is 37.0 Å². The van der Waals surface area contributed by atoms with Crippen molar-refractivity contribution in [1.29, 1.82) is 0 Å². The predicted octanol–water partition coefficient (Wildman–Crippen LogP) is 3.52. The van der Waals surface area contributed by atoms with Crippen molar-refractivity contribution < 1.29 is 4.79 Å². The molecule has 0 spiro atoms. The lowest BCUT2D eigenvalue weighted by Gasteiger charge is -2.36. The largest absolute Gasteiger partial charge is 0.352 e. The molecule has 3 nitrogen and oxygen atoms in total. The minimum Gasteiger partial charge on any atom is -0.352 e. The number of hydrogen-bond acceptors (Lipinski definition) is 2. The van der Waals surface area contributed by atoms with E-state index in [0.29, 0.717) is 22.5 Å². The van der Waals surface area contributed by atoms with Crippen molar-refractivity contribution in [2.75, 3.05) is 14.1 Å². The fourth-order valence-corrected chi connectivity index (χ4v) is 3.31. The van der Waals surface area contributed by atoms with Crippen LogP contribution in [0.1, 0.15) is 31.2 Å². The smallest absolute Gasteiger partial charge is 0.224 e. The average molecular weight is 329 g/mol. The fraction of sp³-hybridized carbons (Fsp3) is 0.562. The van der Waals surface area contributed by atoms with Crippen molar-refractivity contribution >= 4 is 29.1 Å². The average Bonchev–Trinajstić information content (AvgIpc) is 2.43. The Kier molecular flexibility index (Phi) is 5.91. The first-order chi connectivity index (χ1) is 9.97. The Labute approximate surface area is 136 Å². The fourth-order valence-electron chi connectivity index (χ4n) is 2.99. The molecule has 116 valence electrons. The lowest BCUT2D eigenvalue weighted by molar-refractivity contribution is -0.121. The summed E-state index contributed by atoms with van der Waals surface area (Å²) in [5, 5.41) is 4.18. The number of carbonyl (C=O) groups is 1. The summed E-state index contributed by atoms with van der Waals surface area (Å²) in [6, 6.07) is 6.00. The zero-order valence-electron chi connectivity index (χ0n) is 12.5. The summed E-state index contributed by atoms with van der Waals surface area (Å²) in [6.07, 6.45) is 4.96. The second-order valence-corrected chi connectivity index (χ2v) is 6.73. The molecule has 1 aromatic rings. The number of rotatable bonds is 4. The molecule has 5 heteroatoms. The van der Waals surface area contributed by atoms with Crippen molar-refractivity contribution in [3.8, 4) is 0 Å². The number of amides is 1. The number of nitrogens with zero attached hydrogens (tertiary/aromatic N) is 1. The van der Waals surface area contributed by atoms with Gasteiger partial charge in [0, 0.05) is 12.1 Å². The molecule has 1 saturated carbocycles. The van der Waals surface area contributed by atoms with E-state index in [4.69, 9.17) is 23.2 Å². The molecule has 0 unspecified atom stereocenters. The SMILES string of the molecule is CN(C)[C@H]1CCCC[C@H]1NC(=O)Cc1ccc(Cl)c(Cl)c1. The number of nitrogens with one attached hydrogen (secondary N) is 1. The van der Waals surface area contributed by atoms with Crippen LogP contribution in [0.2, 0.25) is 10.0 Å². The first-order valence-electron chi connectivity index (χ1n) is 7.37. The van der Waals surface area contributed by atoms with E-state index >= 15 is 0 Å². The van der Waals surface area contributed by atoms with Gasteiger partial charge in [0.2, 0.25) is 5.91 Å². The van der Waals surface area contributed by atoms with Crippen LogP contribution in [0.5, 0.6) is 0 Å². The van der Waals surface area contributed by atoms with E-state index < -0.39 is 0 Å². The molecule has 0 radical (unpaired) electrons. The number of likely N-dealkylation sites (N-methyl/N-ethyl adjacent to an activating group) is 1. The van der Waals surface area contributed by atoms with Crippen molar-refractivity contribution in [2.45, 2.75) is 44.2 Å². The van der Waals surface area contributed by atoms with Gasteiger partial charge in [-0.1, -0.05) is 42.1 Å².